The van der Waals surface area contributed by atoms with Crippen molar-refractivity contribution in [3.63, 3.8) is 0 Å². The average molecular weight is 450 g/mol. The molecule has 150 valence electrons. The van der Waals surface area contributed by atoms with Gasteiger partial charge in [0.1, 0.15) is 4.90 Å². The maximum Gasteiger partial charge on any atom is 0.263 e. The lowest BCUT2D eigenvalue weighted by Gasteiger charge is -2.11. The van der Waals surface area contributed by atoms with E-state index in [2.05, 4.69) is 15.0 Å². The summed E-state index contributed by atoms with van der Waals surface area (Å²) in [5.41, 5.74) is 1.36. The molecule has 0 unspecified atom stereocenters. The van der Waals surface area contributed by atoms with Crippen molar-refractivity contribution in [2.75, 3.05) is 11.3 Å². The molecule has 0 aliphatic heterocycles. The van der Waals surface area contributed by atoms with Gasteiger partial charge in [0.15, 0.2) is 0 Å². The third kappa shape index (κ3) is 5.69. The van der Waals surface area contributed by atoms with E-state index < -0.39 is 15.9 Å². The Morgan fingerprint density at radius 1 is 1.00 bits per heavy atom. The number of rotatable bonds is 7. The van der Waals surface area contributed by atoms with Gasteiger partial charge in [-0.2, -0.15) is 0 Å². The number of amides is 1. The first-order chi connectivity index (χ1) is 13.8. The molecule has 1 heterocycles. The molecule has 0 bridgehead atoms. The number of anilines is 1. The zero-order valence-electron chi connectivity index (χ0n) is 15.1. The third-order valence-electron chi connectivity index (χ3n) is 3.97. The lowest BCUT2D eigenvalue weighted by molar-refractivity contribution is 0.0954. The van der Waals surface area contributed by atoms with Crippen LogP contribution in [-0.2, 0) is 16.4 Å². The van der Waals surface area contributed by atoms with Gasteiger partial charge in [-0.05, 0) is 54.6 Å². The van der Waals surface area contributed by atoms with E-state index in [1.54, 1.807) is 18.3 Å². The van der Waals surface area contributed by atoms with Gasteiger partial charge in [0.05, 0.1) is 5.02 Å². The zero-order valence-corrected chi connectivity index (χ0v) is 17.4. The summed E-state index contributed by atoms with van der Waals surface area (Å²) < 4.78 is 27.8. The third-order valence-corrected chi connectivity index (χ3v) is 6.09. The Labute approximate surface area is 178 Å². The van der Waals surface area contributed by atoms with E-state index in [0.29, 0.717) is 23.7 Å². The van der Waals surface area contributed by atoms with Crippen LogP contribution in [0.3, 0.4) is 0 Å². The van der Waals surface area contributed by atoms with Crippen LogP contribution in [0, 0.1) is 0 Å². The van der Waals surface area contributed by atoms with E-state index in [9.17, 15) is 13.2 Å². The van der Waals surface area contributed by atoms with Gasteiger partial charge in [0, 0.05) is 41.1 Å². The Kier molecular flexibility index (Phi) is 6.74. The molecule has 0 radical (unpaired) electrons. The topological polar surface area (TPSA) is 88.2 Å². The SMILES string of the molecule is O=C(NCCc1ccccn1)c1ccc(Cl)c(S(=O)(=O)Nc2ccc(Cl)cc2)c1. The fourth-order valence-corrected chi connectivity index (χ4v) is 4.24. The summed E-state index contributed by atoms with van der Waals surface area (Å²) in [4.78, 5) is 16.4. The van der Waals surface area contributed by atoms with Gasteiger partial charge in [0.2, 0.25) is 0 Å². The predicted molar refractivity (Wildman–Crippen MR) is 114 cm³/mol. The predicted octanol–water partition coefficient (Wildman–Crippen LogP) is 4.16. The number of pyridine rings is 1. The molecule has 6 nitrogen and oxygen atoms in total. The number of benzene rings is 2. The summed E-state index contributed by atoms with van der Waals surface area (Å²) in [6.45, 7) is 0.365. The Hall–Kier alpha value is -2.61. The van der Waals surface area contributed by atoms with Crippen molar-refractivity contribution >= 4 is 44.8 Å². The number of hydrogen-bond donors (Lipinski definition) is 2. The Bertz CT molecular complexity index is 1110. The number of sulfonamides is 1. The summed E-state index contributed by atoms with van der Waals surface area (Å²) in [5.74, 6) is -0.402. The molecule has 3 rings (SSSR count). The smallest absolute Gasteiger partial charge is 0.263 e. The molecule has 9 heteroatoms. The first-order valence-corrected chi connectivity index (χ1v) is 10.8. The molecular formula is C20H17Cl2N3O3S. The van der Waals surface area contributed by atoms with Crippen molar-refractivity contribution in [1.82, 2.24) is 10.3 Å². The van der Waals surface area contributed by atoms with Crippen molar-refractivity contribution in [3.05, 3.63) is 88.2 Å². The Morgan fingerprint density at radius 3 is 2.45 bits per heavy atom. The average Bonchev–Trinajstić information content (AvgIpc) is 2.70. The highest BCUT2D eigenvalue weighted by Crippen LogP contribution is 2.25. The van der Waals surface area contributed by atoms with Crippen molar-refractivity contribution in [1.29, 1.82) is 0 Å². The van der Waals surface area contributed by atoms with E-state index in [1.165, 1.54) is 30.3 Å². The lowest BCUT2D eigenvalue weighted by Crippen LogP contribution is -2.26. The zero-order chi connectivity index (χ0) is 20.9. The van der Waals surface area contributed by atoms with Crippen LogP contribution in [0.5, 0.6) is 0 Å². The van der Waals surface area contributed by atoms with Crippen LogP contribution >= 0.6 is 23.2 Å². The van der Waals surface area contributed by atoms with E-state index in [0.717, 1.165) is 5.69 Å². The molecule has 0 saturated heterocycles. The van der Waals surface area contributed by atoms with Crippen LogP contribution in [0.25, 0.3) is 0 Å². The molecular weight excluding hydrogens is 433 g/mol. The maximum atomic E-state index is 12.7. The summed E-state index contributed by atoms with van der Waals surface area (Å²) in [6.07, 6.45) is 2.24. The van der Waals surface area contributed by atoms with Gasteiger partial charge < -0.3 is 5.32 Å². The molecule has 2 aromatic carbocycles. The Morgan fingerprint density at radius 2 is 1.76 bits per heavy atom. The minimum atomic E-state index is -3.99. The Balaban J connectivity index is 1.72. The van der Waals surface area contributed by atoms with E-state index >= 15 is 0 Å². The number of aromatic nitrogens is 1. The van der Waals surface area contributed by atoms with Crippen molar-refractivity contribution in [2.24, 2.45) is 0 Å². The molecule has 1 aromatic heterocycles. The van der Waals surface area contributed by atoms with Crippen LogP contribution in [-0.4, -0.2) is 25.9 Å². The monoisotopic (exact) mass is 449 g/mol. The first-order valence-electron chi connectivity index (χ1n) is 8.61. The van der Waals surface area contributed by atoms with Crippen LogP contribution in [0.1, 0.15) is 16.1 Å². The van der Waals surface area contributed by atoms with E-state index in [-0.39, 0.29) is 15.5 Å². The second-order valence-electron chi connectivity index (χ2n) is 6.08. The number of carbonyl (C=O) groups is 1. The van der Waals surface area contributed by atoms with Crippen LogP contribution < -0.4 is 10.0 Å². The summed E-state index contributed by atoms with van der Waals surface area (Å²) in [7, 11) is -3.99. The van der Waals surface area contributed by atoms with Gasteiger partial charge >= 0.3 is 0 Å². The minimum Gasteiger partial charge on any atom is -0.352 e. The quantitative estimate of drug-likeness (QED) is 0.566. The lowest BCUT2D eigenvalue weighted by atomic mass is 10.2. The first kappa shape index (κ1) is 21.1. The number of nitrogens with one attached hydrogen (secondary N) is 2. The standard InChI is InChI=1S/C20H17Cl2N3O3S/c21-15-5-7-17(8-6-15)25-29(27,28)19-13-14(4-9-18(19)22)20(26)24-12-10-16-3-1-2-11-23-16/h1-9,11,13,25H,10,12H2,(H,24,26). The van der Waals surface area contributed by atoms with Crippen molar-refractivity contribution in [3.8, 4) is 0 Å². The van der Waals surface area contributed by atoms with Gasteiger partial charge in [-0.3, -0.25) is 14.5 Å². The highest BCUT2D eigenvalue weighted by Gasteiger charge is 2.20. The largest absolute Gasteiger partial charge is 0.352 e. The molecule has 2 N–H and O–H groups in total. The number of halogens is 2. The van der Waals surface area contributed by atoms with Crippen molar-refractivity contribution in [2.45, 2.75) is 11.3 Å². The molecule has 0 atom stereocenters. The van der Waals surface area contributed by atoms with Crippen LogP contribution in [0.2, 0.25) is 10.0 Å². The molecule has 3 aromatic rings. The maximum absolute atomic E-state index is 12.7. The number of carbonyl (C=O) groups excluding carboxylic acids is 1. The van der Waals surface area contributed by atoms with Crippen LogP contribution in [0.15, 0.2) is 71.8 Å². The molecule has 0 aliphatic rings. The minimum absolute atomic E-state index is 0.0106. The number of nitrogens with zero attached hydrogens (tertiary/aromatic N) is 1. The molecule has 1 amide bonds. The van der Waals surface area contributed by atoms with E-state index in [1.807, 2.05) is 18.2 Å². The fourth-order valence-electron chi connectivity index (χ4n) is 2.53. The molecule has 0 spiro atoms. The van der Waals surface area contributed by atoms with Gasteiger partial charge in [-0.15, -0.1) is 0 Å². The van der Waals surface area contributed by atoms with Crippen LogP contribution in [0.4, 0.5) is 5.69 Å². The van der Waals surface area contributed by atoms with Gasteiger partial charge in [-0.25, -0.2) is 8.42 Å². The molecule has 29 heavy (non-hydrogen) atoms. The summed E-state index contributed by atoms with van der Waals surface area (Å²) in [6, 6.07) is 15.8. The van der Waals surface area contributed by atoms with Crippen molar-refractivity contribution < 1.29 is 13.2 Å². The van der Waals surface area contributed by atoms with E-state index in [4.69, 9.17) is 23.2 Å². The normalized spacial score (nSPS) is 11.1. The summed E-state index contributed by atoms with van der Waals surface area (Å²) in [5, 5.41) is 3.24. The second kappa shape index (κ2) is 9.26. The van der Waals surface area contributed by atoms with Gasteiger partial charge in [0.25, 0.3) is 15.9 Å². The molecule has 0 aliphatic carbocycles. The second-order valence-corrected chi connectivity index (χ2v) is 8.58. The molecule has 0 fully saturated rings. The highest BCUT2D eigenvalue weighted by atomic mass is 35.5. The van der Waals surface area contributed by atoms with Gasteiger partial charge in [-0.1, -0.05) is 29.3 Å². The number of hydrogen-bond acceptors (Lipinski definition) is 4. The fraction of sp³-hybridized carbons (Fsp3) is 0.100. The highest BCUT2D eigenvalue weighted by molar-refractivity contribution is 7.92. The molecule has 0 saturated carbocycles. The summed E-state index contributed by atoms with van der Waals surface area (Å²) >= 11 is 11.9.